The molecule has 0 aliphatic heterocycles. The van der Waals surface area contributed by atoms with Gasteiger partial charge >= 0.3 is 165 Å². The van der Waals surface area contributed by atoms with Crippen molar-refractivity contribution in [2.75, 3.05) is 0 Å². The Bertz CT molecular complexity index is 575. The molecule has 0 aromatic carbocycles. The van der Waals surface area contributed by atoms with E-state index >= 15 is 0 Å². The average Bonchev–Trinajstić information content (AvgIpc) is 3.12. The number of hydrogen-bond acceptors (Lipinski definition) is 0. The molecule has 0 N–H and O–H groups in total. The van der Waals surface area contributed by atoms with E-state index < -0.39 is 16.6 Å². The molecular formula is C23H47Cl2CrPSi. The molecule has 0 nitrogen and oxygen atoms in total. The fourth-order valence-electron chi connectivity index (χ4n) is 5.80. The zero-order valence-electron chi connectivity index (χ0n) is 19.3. The van der Waals surface area contributed by atoms with Crippen molar-refractivity contribution in [3.63, 3.8) is 0 Å². The summed E-state index contributed by atoms with van der Waals surface area (Å²) in [6.07, 6.45) is 22.5. The van der Waals surface area contributed by atoms with Crippen LogP contribution in [0.5, 0.6) is 0 Å². The predicted octanol–water partition coefficient (Wildman–Crippen LogP) is 9.94. The third-order valence-electron chi connectivity index (χ3n) is 8.72. The Morgan fingerprint density at radius 1 is 0.786 bits per heavy atom. The second-order valence-corrected chi connectivity index (χ2v) is 49.7. The van der Waals surface area contributed by atoms with Gasteiger partial charge < -0.3 is 0 Å². The molecule has 2 saturated carbocycles. The van der Waals surface area contributed by atoms with Crippen LogP contribution in [0.15, 0.2) is 22.7 Å². The largest absolute Gasteiger partial charge is 0.147 e. The van der Waals surface area contributed by atoms with Crippen molar-refractivity contribution in [3.8, 4) is 0 Å². The first-order chi connectivity index (χ1) is 12.0. The van der Waals surface area contributed by atoms with Crippen LogP contribution in [0.25, 0.3) is 0 Å². The Morgan fingerprint density at radius 2 is 1.21 bits per heavy atom. The molecule has 168 valence electrons. The molecule has 0 aromatic rings. The molecule has 0 heterocycles. The van der Waals surface area contributed by atoms with E-state index in [1.165, 1.54) is 44.9 Å². The summed E-state index contributed by atoms with van der Waals surface area (Å²) in [6.45, 7) is 5.77. The molecule has 0 atom stereocenters. The van der Waals surface area contributed by atoms with Crippen LogP contribution in [0.3, 0.4) is 0 Å². The number of halogens is 2. The second kappa shape index (κ2) is 9.00. The summed E-state index contributed by atoms with van der Waals surface area (Å²) in [6, 6.07) is 0. The Balaban J connectivity index is 0.00000196. The number of allylic oxidation sites excluding steroid dienone is 4. The van der Waals surface area contributed by atoms with Crippen LogP contribution in [0.1, 0.15) is 70.6 Å². The van der Waals surface area contributed by atoms with Crippen molar-refractivity contribution in [1.82, 2.24) is 0 Å². The molecule has 0 amide bonds. The summed E-state index contributed by atoms with van der Waals surface area (Å²) in [5.41, 5.74) is 2.21. The van der Waals surface area contributed by atoms with Gasteiger partial charge in [-0.05, 0) is 0 Å². The average molecular weight is 506 g/mol. The Morgan fingerprint density at radius 3 is 1.57 bits per heavy atom. The molecule has 0 bridgehead atoms. The van der Waals surface area contributed by atoms with Gasteiger partial charge in [0.25, 0.3) is 0 Å². The van der Waals surface area contributed by atoms with Crippen LogP contribution in [-0.4, -0.2) is 17.6 Å². The minimum absolute atomic E-state index is 0. The van der Waals surface area contributed by atoms with Crippen molar-refractivity contribution >= 4 is 38.6 Å². The first-order valence-corrected chi connectivity index (χ1v) is 24.0. The quantitative estimate of drug-likeness (QED) is 0.258. The van der Waals surface area contributed by atoms with E-state index in [9.17, 15) is 0 Å². The van der Waals surface area contributed by atoms with Gasteiger partial charge in [-0.2, -0.15) is 0 Å². The van der Waals surface area contributed by atoms with Gasteiger partial charge in [-0.15, -0.1) is 24.8 Å². The molecule has 28 heavy (non-hydrogen) atoms. The zero-order chi connectivity index (χ0) is 19.1. The van der Waals surface area contributed by atoms with Crippen LogP contribution in [0.2, 0.25) is 36.2 Å². The third kappa shape index (κ3) is 4.69. The first kappa shape index (κ1) is 27.3. The second-order valence-electron chi connectivity index (χ2n) is 11.9. The van der Waals surface area contributed by atoms with E-state index in [2.05, 4.69) is 54.5 Å². The molecule has 5 heteroatoms. The minimum atomic E-state index is -2.92. The van der Waals surface area contributed by atoms with Crippen molar-refractivity contribution in [2.24, 2.45) is 0 Å². The minimum Gasteiger partial charge on any atom is -0.147 e. The molecule has 2 fully saturated rings. The molecule has 0 saturated heterocycles. The van der Waals surface area contributed by atoms with Crippen LogP contribution < -0.4 is 0 Å². The summed E-state index contributed by atoms with van der Waals surface area (Å²) >= 11 is 0. The fraction of sp³-hybridized carbons (Fsp3) is 0.826. The number of hydrogen-bond donors (Lipinski definition) is 0. The van der Waals surface area contributed by atoms with Crippen LogP contribution in [0, 0.1) is 0 Å². The monoisotopic (exact) mass is 504 g/mol. The van der Waals surface area contributed by atoms with Crippen molar-refractivity contribution < 1.29 is 10.3 Å². The summed E-state index contributed by atoms with van der Waals surface area (Å²) in [5, 5.41) is 0. The van der Waals surface area contributed by atoms with Gasteiger partial charge in [0.1, 0.15) is 0 Å². The van der Waals surface area contributed by atoms with Gasteiger partial charge in [0.05, 0.1) is 0 Å². The standard InChI is InChI=1S/C14H28PSi.C5H5.4CH3.2ClH.Cr/c1-16(2)15(13-9-5-3-6-10-13)14-11-7-4-8-12-14;1-2-4-5-3-1;;;;;;;/h13-14H,3-12H2,1-2H3;1-3H,4H2;4*1H3;2*1H;. The van der Waals surface area contributed by atoms with E-state index in [1.54, 1.807) is 25.7 Å². The van der Waals surface area contributed by atoms with Gasteiger partial charge in [0, 0.05) is 0 Å². The molecule has 3 rings (SSSR count). The molecule has 3 aliphatic carbocycles. The van der Waals surface area contributed by atoms with Crippen molar-refractivity contribution in [2.45, 2.75) is 118 Å². The summed E-state index contributed by atoms with van der Waals surface area (Å²) in [7, 11) is -2.72. The third-order valence-corrected chi connectivity index (χ3v) is 62.4. The SMILES string of the molecule is C[Si](C)(P(C1CCCCC1)C1CCCCC1)[Cr]([CH3])([CH3])([CH3])([CH3])[C]1=CC=CC1.Cl.Cl. The molecule has 0 radical (unpaired) electrons. The summed E-state index contributed by atoms with van der Waals surface area (Å²) < 4.78 is 1.88. The van der Waals surface area contributed by atoms with E-state index in [1.807, 2.05) is 4.44 Å². The van der Waals surface area contributed by atoms with E-state index in [4.69, 9.17) is 0 Å². The summed E-state index contributed by atoms with van der Waals surface area (Å²) in [5.74, 6) is 11.3. The van der Waals surface area contributed by atoms with Crippen molar-refractivity contribution in [1.29, 1.82) is 0 Å². The van der Waals surface area contributed by atoms with Crippen LogP contribution in [0.4, 0.5) is 0 Å². The van der Waals surface area contributed by atoms with Crippen LogP contribution in [-0.2, 0) is 10.3 Å². The van der Waals surface area contributed by atoms with E-state index in [-0.39, 0.29) is 32.3 Å². The molecular weight excluding hydrogens is 458 g/mol. The van der Waals surface area contributed by atoms with Crippen molar-refractivity contribution in [3.05, 3.63) is 22.7 Å². The molecule has 0 aromatic heterocycles. The Kier molecular flexibility index (Phi) is 8.77. The van der Waals surface area contributed by atoms with E-state index in [0.29, 0.717) is 0 Å². The maximum Gasteiger partial charge on any atom is -0.147 e. The maximum absolute atomic E-state index is 2.92. The first-order valence-electron chi connectivity index (χ1n) is 11.1. The Hall–Kier alpha value is 1.24. The maximum atomic E-state index is 2.89. The van der Waals surface area contributed by atoms with Gasteiger partial charge in [0.15, 0.2) is 0 Å². The molecule has 0 spiro atoms. The fourth-order valence-corrected chi connectivity index (χ4v) is 46.3. The van der Waals surface area contributed by atoms with Gasteiger partial charge in [-0.25, -0.2) is 0 Å². The van der Waals surface area contributed by atoms with E-state index in [0.717, 1.165) is 11.3 Å². The normalized spacial score (nSPS) is 24.8. The van der Waals surface area contributed by atoms with Crippen LogP contribution >= 0.6 is 32.3 Å². The predicted molar refractivity (Wildman–Crippen MR) is 138 cm³/mol. The number of rotatable bonds is 5. The zero-order valence-corrected chi connectivity index (χ0v) is 24.1. The molecule has 3 aliphatic rings. The van der Waals surface area contributed by atoms with Gasteiger partial charge in [-0.1, -0.05) is 0 Å². The topological polar surface area (TPSA) is 0 Å². The van der Waals surface area contributed by atoms with Gasteiger partial charge in [-0.3, -0.25) is 0 Å². The van der Waals surface area contributed by atoms with Gasteiger partial charge in [0.2, 0.25) is 0 Å². The smallest absolute Gasteiger partial charge is 0.147 e. The Labute approximate surface area is 188 Å². The molecule has 0 unspecified atom stereocenters. The summed E-state index contributed by atoms with van der Waals surface area (Å²) in [4.78, 5) is 0.